The summed E-state index contributed by atoms with van der Waals surface area (Å²) in [5, 5.41) is 11.9. The molecule has 2 N–H and O–H groups in total. The van der Waals surface area contributed by atoms with Crippen molar-refractivity contribution in [2.75, 3.05) is 5.32 Å². The van der Waals surface area contributed by atoms with Crippen molar-refractivity contribution in [1.29, 1.82) is 0 Å². The van der Waals surface area contributed by atoms with Gasteiger partial charge in [-0.25, -0.2) is 9.97 Å². The number of benzene rings is 2. The van der Waals surface area contributed by atoms with Crippen LogP contribution < -0.4 is 5.32 Å². The van der Waals surface area contributed by atoms with Gasteiger partial charge >= 0.3 is 0 Å². The maximum absolute atomic E-state index is 13.3. The number of halogens is 1. The SMILES string of the molecule is Cc1ccc(C(=O)Nc2ccc3c(-c4ccc(F)nc4)cn(C)c3c2)cc1C#Cc1[nH]nc2ncccc12. The highest BCUT2D eigenvalue weighted by Gasteiger charge is 2.13. The fourth-order valence-electron chi connectivity index (χ4n) is 4.40. The molecule has 1 amide bonds. The Bertz CT molecular complexity index is 1910. The predicted molar refractivity (Wildman–Crippen MR) is 145 cm³/mol. The first-order chi connectivity index (χ1) is 18.5. The van der Waals surface area contributed by atoms with Crippen molar-refractivity contribution in [3.8, 4) is 23.0 Å². The van der Waals surface area contributed by atoms with Gasteiger partial charge in [-0.15, -0.1) is 0 Å². The number of carbonyl (C=O) groups excluding carboxylic acids is 1. The lowest BCUT2D eigenvalue weighted by Gasteiger charge is -2.08. The van der Waals surface area contributed by atoms with E-state index in [0.29, 0.717) is 22.6 Å². The molecule has 0 bridgehead atoms. The Morgan fingerprint density at radius 1 is 1.03 bits per heavy atom. The minimum absolute atomic E-state index is 0.235. The molecule has 0 aliphatic carbocycles. The zero-order chi connectivity index (χ0) is 26.2. The van der Waals surface area contributed by atoms with Crippen LogP contribution in [-0.2, 0) is 7.05 Å². The van der Waals surface area contributed by atoms with Gasteiger partial charge in [-0.1, -0.05) is 18.1 Å². The van der Waals surface area contributed by atoms with Crippen LogP contribution >= 0.6 is 0 Å². The molecule has 38 heavy (non-hydrogen) atoms. The summed E-state index contributed by atoms with van der Waals surface area (Å²) < 4.78 is 15.2. The predicted octanol–water partition coefficient (Wildman–Crippen LogP) is 5.61. The van der Waals surface area contributed by atoms with Crippen molar-refractivity contribution in [2.45, 2.75) is 6.92 Å². The van der Waals surface area contributed by atoms with Gasteiger partial charge in [0.05, 0.1) is 10.9 Å². The number of fused-ring (bicyclic) bond motifs is 2. The van der Waals surface area contributed by atoms with Gasteiger partial charge < -0.3 is 9.88 Å². The highest BCUT2D eigenvalue weighted by molar-refractivity contribution is 6.06. The molecule has 7 nitrogen and oxygen atoms in total. The highest BCUT2D eigenvalue weighted by Crippen LogP contribution is 2.31. The molecule has 2 aromatic carbocycles. The number of hydrogen-bond donors (Lipinski definition) is 2. The molecule has 0 aliphatic heterocycles. The molecule has 184 valence electrons. The summed E-state index contributed by atoms with van der Waals surface area (Å²) in [7, 11) is 1.93. The van der Waals surface area contributed by atoms with E-state index in [-0.39, 0.29) is 5.91 Å². The quantitative estimate of drug-likeness (QED) is 0.244. The Kier molecular flexibility index (Phi) is 5.66. The molecule has 0 atom stereocenters. The van der Waals surface area contributed by atoms with Crippen LogP contribution in [0.5, 0.6) is 0 Å². The number of nitrogens with one attached hydrogen (secondary N) is 2. The molecule has 0 unspecified atom stereocenters. The van der Waals surface area contributed by atoms with Gasteiger partial charge in [0.25, 0.3) is 5.91 Å². The molecular formula is C30H21FN6O. The van der Waals surface area contributed by atoms with Gasteiger partial charge in [0, 0.05) is 59.0 Å². The van der Waals surface area contributed by atoms with E-state index in [9.17, 15) is 9.18 Å². The molecule has 0 radical (unpaired) electrons. The van der Waals surface area contributed by atoms with Gasteiger partial charge in [0.2, 0.25) is 5.95 Å². The van der Waals surface area contributed by atoms with E-state index < -0.39 is 5.95 Å². The first-order valence-corrected chi connectivity index (χ1v) is 11.9. The monoisotopic (exact) mass is 500 g/mol. The standard InChI is InChI=1S/C30H21FN6O/c1-18-5-6-20(14-19(18)7-11-26-24-4-3-13-32-29(24)36-35-26)30(38)34-22-9-10-23-25(17-37(2)27(23)15-22)21-8-12-28(31)33-16-21/h3-6,8-10,12-17H,1-2H3,(H,34,38)(H,32,35,36). The van der Waals surface area contributed by atoms with Crippen LogP contribution in [0.2, 0.25) is 0 Å². The summed E-state index contributed by atoms with van der Waals surface area (Å²) in [5.74, 6) is 5.52. The van der Waals surface area contributed by atoms with Crippen molar-refractivity contribution in [3.05, 3.63) is 108 Å². The van der Waals surface area contributed by atoms with E-state index in [2.05, 4.69) is 37.3 Å². The van der Waals surface area contributed by atoms with Crippen LogP contribution in [0.25, 0.3) is 33.1 Å². The molecule has 4 heterocycles. The van der Waals surface area contributed by atoms with Crippen LogP contribution in [0.4, 0.5) is 10.1 Å². The Morgan fingerprint density at radius 2 is 1.92 bits per heavy atom. The summed E-state index contributed by atoms with van der Waals surface area (Å²) in [4.78, 5) is 21.1. The molecule has 0 spiro atoms. The van der Waals surface area contributed by atoms with Crippen molar-refractivity contribution in [2.24, 2.45) is 7.05 Å². The molecule has 6 aromatic rings. The smallest absolute Gasteiger partial charge is 0.255 e. The Balaban J connectivity index is 1.26. The second-order valence-electron chi connectivity index (χ2n) is 8.96. The molecule has 0 saturated heterocycles. The van der Waals surface area contributed by atoms with Gasteiger partial charge in [0.15, 0.2) is 5.65 Å². The summed E-state index contributed by atoms with van der Waals surface area (Å²) >= 11 is 0. The normalized spacial score (nSPS) is 10.9. The zero-order valence-corrected chi connectivity index (χ0v) is 20.6. The van der Waals surface area contributed by atoms with Crippen molar-refractivity contribution in [1.82, 2.24) is 24.7 Å². The van der Waals surface area contributed by atoms with Crippen molar-refractivity contribution in [3.63, 3.8) is 0 Å². The third-order valence-corrected chi connectivity index (χ3v) is 6.44. The largest absolute Gasteiger partial charge is 0.350 e. The number of aromatic amines is 1. The number of amides is 1. The van der Waals surface area contributed by atoms with Crippen LogP contribution in [-0.4, -0.2) is 30.6 Å². The van der Waals surface area contributed by atoms with E-state index in [1.54, 1.807) is 24.4 Å². The summed E-state index contributed by atoms with van der Waals surface area (Å²) in [6, 6.07) is 18.0. The lowest BCUT2D eigenvalue weighted by atomic mass is 10.0. The number of aryl methyl sites for hydroxylation is 2. The molecule has 0 saturated carbocycles. The Labute approximate surface area is 217 Å². The van der Waals surface area contributed by atoms with Crippen LogP contribution in [0.3, 0.4) is 0 Å². The van der Waals surface area contributed by atoms with Crippen molar-refractivity contribution < 1.29 is 9.18 Å². The van der Waals surface area contributed by atoms with E-state index in [1.165, 1.54) is 12.3 Å². The Hall–Kier alpha value is -5.29. The lowest BCUT2D eigenvalue weighted by molar-refractivity contribution is 0.102. The van der Waals surface area contributed by atoms with Crippen LogP contribution in [0.1, 0.15) is 27.2 Å². The number of aromatic nitrogens is 5. The number of anilines is 1. The highest BCUT2D eigenvalue weighted by atomic mass is 19.1. The number of nitrogens with zero attached hydrogens (tertiary/aromatic N) is 4. The molecule has 0 aliphatic rings. The second kappa shape index (κ2) is 9.30. The summed E-state index contributed by atoms with van der Waals surface area (Å²) in [6.45, 7) is 1.95. The summed E-state index contributed by atoms with van der Waals surface area (Å²) in [6.07, 6.45) is 5.17. The summed E-state index contributed by atoms with van der Waals surface area (Å²) in [5.41, 5.74) is 6.85. The molecule has 6 rings (SSSR count). The number of pyridine rings is 2. The third-order valence-electron chi connectivity index (χ3n) is 6.44. The van der Waals surface area contributed by atoms with E-state index in [4.69, 9.17) is 0 Å². The van der Waals surface area contributed by atoms with E-state index in [1.807, 2.05) is 61.1 Å². The molecule has 0 fully saturated rings. The minimum atomic E-state index is -0.517. The van der Waals surface area contributed by atoms with Gasteiger partial charge in [-0.05, 0) is 66.9 Å². The fourth-order valence-corrected chi connectivity index (χ4v) is 4.40. The van der Waals surface area contributed by atoms with Gasteiger partial charge in [-0.2, -0.15) is 9.49 Å². The lowest BCUT2D eigenvalue weighted by Crippen LogP contribution is -2.12. The van der Waals surface area contributed by atoms with Crippen LogP contribution in [0, 0.1) is 24.7 Å². The minimum Gasteiger partial charge on any atom is -0.350 e. The second-order valence-corrected chi connectivity index (χ2v) is 8.96. The zero-order valence-electron chi connectivity index (χ0n) is 20.6. The number of hydrogen-bond acceptors (Lipinski definition) is 4. The average Bonchev–Trinajstić information content (AvgIpc) is 3.49. The van der Waals surface area contributed by atoms with Gasteiger partial charge in [-0.3, -0.25) is 9.89 Å². The van der Waals surface area contributed by atoms with Gasteiger partial charge in [0.1, 0.15) is 5.69 Å². The van der Waals surface area contributed by atoms with E-state index in [0.717, 1.165) is 38.5 Å². The first kappa shape index (κ1) is 23.1. The average molecular weight is 501 g/mol. The number of rotatable bonds is 3. The number of H-pyrrole nitrogens is 1. The fraction of sp³-hybridized carbons (Fsp3) is 0.0667. The molecular weight excluding hydrogens is 479 g/mol. The van der Waals surface area contributed by atoms with Crippen LogP contribution in [0.15, 0.2) is 79.3 Å². The topological polar surface area (TPSA) is 88.5 Å². The Morgan fingerprint density at radius 3 is 2.76 bits per heavy atom. The molecule has 4 aromatic heterocycles. The number of carbonyl (C=O) groups is 1. The van der Waals surface area contributed by atoms with E-state index >= 15 is 0 Å². The maximum Gasteiger partial charge on any atom is 0.255 e. The third kappa shape index (κ3) is 4.27. The molecule has 8 heteroatoms. The maximum atomic E-state index is 13.3. The first-order valence-electron chi connectivity index (χ1n) is 11.9. The van der Waals surface area contributed by atoms with Crippen molar-refractivity contribution >= 4 is 33.5 Å².